The molecule has 2 N–H and O–H groups in total. The van der Waals surface area contributed by atoms with Crippen molar-refractivity contribution >= 4 is 17.5 Å². The Morgan fingerprint density at radius 1 is 1.33 bits per heavy atom. The van der Waals surface area contributed by atoms with Gasteiger partial charge in [-0.25, -0.2) is 0 Å². The summed E-state index contributed by atoms with van der Waals surface area (Å²) < 4.78 is 5.30. The van der Waals surface area contributed by atoms with E-state index >= 15 is 0 Å². The third-order valence-electron chi connectivity index (χ3n) is 2.71. The van der Waals surface area contributed by atoms with Gasteiger partial charge in [-0.3, -0.25) is 9.78 Å². The summed E-state index contributed by atoms with van der Waals surface area (Å²) in [6, 6.07) is 10.6. The van der Waals surface area contributed by atoms with Gasteiger partial charge >= 0.3 is 0 Å². The predicted molar refractivity (Wildman–Crippen MR) is 79.0 cm³/mol. The van der Waals surface area contributed by atoms with Crippen LogP contribution in [0.15, 0.2) is 42.6 Å². The molecule has 1 aromatic carbocycles. The van der Waals surface area contributed by atoms with Crippen molar-refractivity contribution in [1.82, 2.24) is 10.3 Å². The zero-order valence-electron chi connectivity index (χ0n) is 11.3. The molecule has 1 heterocycles. The largest absolute Gasteiger partial charge is 0.482 e. The summed E-state index contributed by atoms with van der Waals surface area (Å²) in [6.45, 7) is 0.172. The maximum absolute atomic E-state index is 11.7. The fraction of sp³-hybridized carbons (Fsp3) is 0.200. The van der Waals surface area contributed by atoms with Crippen LogP contribution in [-0.4, -0.2) is 22.6 Å². The lowest BCUT2D eigenvalue weighted by atomic mass is 10.2. The van der Waals surface area contributed by atoms with Gasteiger partial charge in [-0.05, 0) is 29.8 Å². The molecule has 2 rings (SSSR count). The van der Waals surface area contributed by atoms with Crippen molar-refractivity contribution in [3.63, 3.8) is 0 Å². The number of pyridine rings is 1. The molecule has 0 atom stereocenters. The Hall–Kier alpha value is -2.11. The average Bonchev–Trinajstić information content (AvgIpc) is 2.51. The fourth-order valence-corrected chi connectivity index (χ4v) is 1.85. The third kappa shape index (κ3) is 5.06. The van der Waals surface area contributed by atoms with Crippen molar-refractivity contribution in [1.29, 1.82) is 0 Å². The van der Waals surface area contributed by atoms with E-state index < -0.39 is 0 Å². The summed E-state index contributed by atoms with van der Waals surface area (Å²) in [5, 5.41) is 12.2. The molecule has 6 heteroatoms. The number of aliphatic hydroxyl groups is 1. The van der Waals surface area contributed by atoms with E-state index in [1.807, 2.05) is 12.1 Å². The van der Waals surface area contributed by atoms with E-state index in [2.05, 4.69) is 10.3 Å². The van der Waals surface area contributed by atoms with E-state index in [1.54, 1.807) is 24.3 Å². The number of nitrogens with one attached hydrogen (secondary N) is 1. The zero-order chi connectivity index (χ0) is 15.1. The number of rotatable bonds is 6. The van der Waals surface area contributed by atoms with Gasteiger partial charge in [0.15, 0.2) is 6.61 Å². The second-order valence-corrected chi connectivity index (χ2v) is 4.78. The number of ether oxygens (including phenoxy) is 1. The number of hydrogen-bond donors (Lipinski definition) is 2. The van der Waals surface area contributed by atoms with Gasteiger partial charge in [0.1, 0.15) is 5.75 Å². The minimum Gasteiger partial charge on any atom is -0.482 e. The van der Waals surface area contributed by atoms with Gasteiger partial charge in [-0.15, -0.1) is 0 Å². The molecule has 21 heavy (non-hydrogen) atoms. The lowest BCUT2D eigenvalue weighted by molar-refractivity contribution is -0.123. The highest BCUT2D eigenvalue weighted by molar-refractivity contribution is 6.30. The maximum Gasteiger partial charge on any atom is 0.258 e. The second kappa shape index (κ2) is 7.61. The van der Waals surface area contributed by atoms with E-state index in [4.69, 9.17) is 21.4 Å². The van der Waals surface area contributed by atoms with Crippen LogP contribution in [0.3, 0.4) is 0 Å². The normalized spacial score (nSPS) is 10.2. The van der Waals surface area contributed by atoms with Crippen LogP contribution < -0.4 is 10.1 Å². The van der Waals surface area contributed by atoms with Gasteiger partial charge in [-0.2, -0.15) is 0 Å². The molecule has 1 aromatic heterocycles. The SMILES string of the molecule is O=C(COc1ccc(CO)nc1)NCc1cccc(Cl)c1. The minimum atomic E-state index is -0.235. The Kier molecular flexibility index (Phi) is 5.54. The molecule has 1 amide bonds. The number of aliphatic hydroxyl groups excluding tert-OH is 1. The summed E-state index contributed by atoms with van der Waals surface area (Å²) >= 11 is 5.86. The van der Waals surface area contributed by atoms with Crippen molar-refractivity contribution in [2.45, 2.75) is 13.2 Å². The number of benzene rings is 1. The van der Waals surface area contributed by atoms with Gasteiger partial charge in [0, 0.05) is 11.6 Å². The highest BCUT2D eigenvalue weighted by atomic mass is 35.5. The van der Waals surface area contributed by atoms with Crippen LogP contribution in [0.5, 0.6) is 5.75 Å². The number of nitrogens with zero attached hydrogens (tertiary/aromatic N) is 1. The highest BCUT2D eigenvalue weighted by Gasteiger charge is 2.03. The molecule has 2 aromatic rings. The first-order valence-corrected chi connectivity index (χ1v) is 6.75. The first kappa shape index (κ1) is 15.3. The summed E-state index contributed by atoms with van der Waals surface area (Å²) in [5.41, 5.74) is 1.47. The molecular weight excluding hydrogens is 292 g/mol. The molecule has 5 nitrogen and oxygen atoms in total. The van der Waals surface area contributed by atoms with E-state index in [-0.39, 0.29) is 19.1 Å². The van der Waals surface area contributed by atoms with Gasteiger partial charge in [-0.1, -0.05) is 23.7 Å². The molecule has 0 radical (unpaired) electrons. The first-order valence-electron chi connectivity index (χ1n) is 6.37. The van der Waals surface area contributed by atoms with E-state index in [0.29, 0.717) is 23.0 Å². The summed E-state index contributed by atoms with van der Waals surface area (Å²) in [5.74, 6) is 0.242. The lowest BCUT2D eigenvalue weighted by Crippen LogP contribution is -2.28. The van der Waals surface area contributed by atoms with Crippen molar-refractivity contribution in [2.24, 2.45) is 0 Å². The average molecular weight is 307 g/mol. The Labute approximate surface area is 127 Å². The van der Waals surface area contributed by atoms with Crippen LogP contribution in [0.4, 0.5) is 0 Å². The molecule has 0 aliphatic heterocycles. The van der Waals surface area contributed by atoms with Crippen LogP contribution in [0.25, 0.3) is 0 Å². The Morgan fingerprint density at radius 2 is 2.19 bits per heavy atom. The molecule has 0 saturated heterocycles. The molecule has 0 unspecified atom stereocenters. The lowest BCUT2D eigenvalue weighted by Gasteiger charge is -2.08. The molecular formula is C15H15ClN2O3. The van der Waals surface area contributed by atoms with Gasteiger partial charge in [0.2, 0.25) is 0 Å². The third-order valence-corrected chi connectivity index (χ3v) is 2.94. The smallest absolute Gasteiger partial charge is 0.258 e. The molecule has 0 aliphatic carbocycles. The Bertz CT molecular complexity index is 602. The topological polar surface area (TPSA) is 71.5 Å². The van der Waals surface area contributed by atoms with Crippen molar-refractivity contribution in [3.8, 4) is 5.75 Å². The number of aromatic nitrogens is 1. The Morgan fingerprint density at radius 3 is 2.86 bits per heavy atom. The molecule has 0 aliphatic rings. The monoisotopic (exact) mass is 306 g/mol. The van der Waals surface area contributed by atoms with Gasteiger partial charge < -0.3 is 15.2 Å². The number of carbonyl (C=O) groups excluding carboxylic acids is 1. The second-order valence-electron chi connectivity index (χ2n) is 4.34. The summed E-state index contributed by atoms with van der Waals surface area (Å²) in [4.78, 5) is 15.6. The van der Waals surface area contributed by atoms with Gasteiger partial charge in [0.05, 0.1) is 18.5 Å². The van der Waals surface area contributed by atoms with Crippen molar-refractivity contribution in [2.75, 3.05) is 6.61 Å². The summed E-state index contributed by atoms with van der Waals surface area (Å²) in [6.07, 6.45) is 1.47. The molecule has 0 bridgehead atoms. The molecule has 110 valence electrons. The predicted octanol–water partition coefficient (Wildman–Crippen LogP) is 1.92. The maximum atomic E-state index is 11.7. The van der Waals surface area contributed by atoms with E-state index in [1.165, 1.54) is 6.20 Å². The van der Waals surface area contributed by atoms with Crippen molar-refractivity contribution < 1.29 is 14.6 Å². The van der Waals surface area contributed by atoms with Gasteiger partial charge in [0.25, 0.3) is 5.91 Å². The van der Waals surface area contributed by atoms with Crippen molar-refractivity contribution in [3.05, 3.63) is 58.9 Å². The molecule has 0 saturated carbocycles. The number of amides is 1. The first-order chi connectivity index (χ1) is 10.2. The van der Waals surface area contributed by atoms with E-state index in [9.17, 15) is 4.79 Å². The van der Waals surface area contributed by atoms with Crippen LogP contribution in [0.1, 0.15) is 11.3 Å². The number of carbonyl (C=O) groups is 1. The van der Waals surface area contributed by atoms with E-state index in [0.717, 1.165) is 5.56 Å². The summed E-state index contributed by atoms with van der Waals surface area (Å²) in [7, 11) is 0. The van der Waals surface area contributed by atoms with Crippen LogP contribution in [-0.2, 0) is 17.9 Å². The molecule has 0 fully saturated rings. The fourth-order valence-electron chi connectivity index (χ4n) is 1.64. The van der Waals surface area contributed by atoms with Crippen LogP contribution in [0, 0.1) is 0 Å². The molecule has 0 spiro atoms. The zero-order valence-corrected chi connectivity index (χ0v) is 12.0. The standard InChI is InChI=1S/C15H15ClN2O3/c16-12-3-1-2-11(6-12)7-18-15(20)10-21-14-5-4-13(9-19)17-8-14/h1-6,8,19H,7,9-10H2,(H,18,20). The number of hydrogen-bond acceptors (Lipinski definition) is 4. The number of halogens is 1. The van der Waals surface area contributed by atoms with Crippen LogP contribution >= 0.6 is 11.6 Å². The highest BCUT2D eigenvalue weighted by Crippen LogP contribution is 2.11. The quantitative estimate of drug-likeness (QED) is 0.855. The van der Waals surface area contributed by atoms with Crippen LogP contribution in [0.2, 0.25) is 5.02 Å². The Balaban J connectivity index is 1.76. The minimum absolute atomic E-state index is 0.0965.